The highest BCUT2D eigenvalue weighted by Crippen LogP contribution is 2.17. The van der Waals surface area contributed by atoms with E-state index in [1.165, 1.54) is 0 Å². The summed E-state index contributed by atoms with van der Waals surface area (Å²) in [6, 6.07) is 0.258. The molecule has 0 spiro atoms. The third-order valence-electron chi connectivity index (χ3n) is 2.69. The lowest BCUT2D eigenvalue weighted by molar-refractivity contribution is -0.133. The zero-order valence-corrected chi connectivity index (χ0v) is 8.03. The molecule has 2 atom stereocenters. The Bertz CT molecular complexity index is 267. The fourth-order valence-corrected chi connectivity index (χ4v) is 1.68. The van der Waals surface area contributed by atoms with Gasteiger partial charge in [-0.3, -0.25) is 9.59 Å². The number of likely N-dealkylation sites (tertiary alicyclic amines) is 1. The summed E-state index contributed by atoms with van der Waals surface area (Å²) in [7, 11) is 0. The third kappa shape index (κ3) is 2.04. The van der Waals surface area contributed by atoms with Gasteiger partial charge in [0.2, 0.25) is 11.8 Å². The van der Waals surface area contributed by atoms with Gasteiger partial charge < -0.3 is 16.0 Å². The van der Waals surface area contributed by atoms with E-state index in [-0.39, 0.29) is 30.4 Å². The molecule has 2 unspecified atom stereocenters. The van der Waals surface area contributed by atoms with Gasteiger partial charge in [-0.05, 0) is 12.8 Å². The molecule has 2 rings (SSSR count). The van der Waals surface area contributed by atoms with E-state index in [1.54, 1.807) is 4.90 Å². The maximum Gasteiger partial charge on any atom is 0.239 e. The van der Waals surface area contributed by atoms with Crippen molar-refractivity contribution < 1.29 is 9.59 Å². The molecule has 5 heteroatoms. The molecule has 5 nitrogen and oxygen atoms in total. The average molecular weight is 197 g/mol. The van der Waals surface area contributed by atoms with Crippen LogP contribution in [0.3, 0.4) is 0 Å². The second-order valence-corrected chi connectivity index (χ2v) is 3.99. The van der Waals surface area contributed by atoms with Gasteiger partial charge in [-0.1, -0.05) is 0 Å². The fourth-order valence-electron chi connectivity index (χ4n) is 1.68. The van der Waals surface area contributed by atoms with E-state index in [4.69, 9.17) is 5.73 Å². The van der Waals surface area contributed by atoms with Crippen LogP contribution in [0.4, 0.5) is 0 Å². The second kappa shape index (κ2) is 3.57. The van der Waals surface area contributed by atoms with Crippen molar-refractivity contribution in [2.75, 3.05) is 13.1 Å². The molecule has 14 heavy (non-hydrogen) atoms. The van der Waals surface area contributed by atoms with Gasteiger partial charge in [-0.15, -0.1) is 0 Å². The first-order valence-electron chi connectivity index (χ1n) is 4.99. The molecule has 3 N–H and O–H groups in total. The van der Waals surface area contributed by atoms with Gasteiger partial charge in [0, 0.05) is 25.0 Å². The first kappa shape index (κ1) is 9.45. The molecule has 0 aromatic rings. The van der Waals surface area contributed by atoms with Gasteiger partial charge in [0.25, 0.3) is 0 Å². The predicted molar refractivity (Wildman–Crippen MR) is 50.3 cm³/mol. The van der Waals surface area contributed by atoms with Gasteiger partial charge in [-0.2, -0.15) is 0 Å². The van der Waals surface area contributed by atoms with Crippen molar-refractivity contribution in [1.82, 2.24) is 10.2 Å². The molecule has 1 saturated carbocycles. The molecule has 2 amide bonds. The van der Waals surface area contributed by atoms with Crippen LogP contribution in [0, 0.1) is 0 Å². The Balaban J connectivity index is 1.74. The summed E-state index contributed by atoms with van der Waals surface area (Å²) in [5.74, 6) is -0.00144. The summed E-state index contributed by atoms with van der Waals surface area (Å²) >= 11 is 0. The van der Waals surface area contributed by atoms with Gasteiger partial charge in [0.15, 0.2) is 0 Å². The summed E-state index contributed by atoms with van der Waals surface area (Å²) in [6.45, 7) is 0.908. The van der Waals surface area contributed by atoms with Crippen LogP contribution in [0.25, 0.3) is 0 Å². The number of nitrogens with two attached hydrogens (primary N) is 1. The zero-order chi connectivity index (χ0) is 10.1. The number of carbonyl (C=O) groups excluding carboxylic acids is 2. The van der Waals surface area contributed by atoms with Crippen LogP contribution in [0.5, 0.6) is 0 Å². The van der Waals surface area contributed by atoms with Crippen molar-refractivity contribution in [3.8, 4) is 0 Å². The van der Waals surface area contributed by atoms with Gasteiger partial charge in [-0.25, -0.2) is 0 Å². The van der Waals surface area contributed by atoms with Crippen LogP contribution in [-0.2, 0) is 9.59 Å². The molecular formula is C9H15N3O2. The fraction of sp³-hybridized carbons (Fsp3) is 0.778. The van der Waals surface area contributed by atoms with Gasteiger partial charge >= 0.3 is 0 Å². The number of amides is 2. The van der Waals surface area contributed by atoms with Crippen molar-refractivity contribution in [3.05, 3.63) is 0 Å². The van der Waals surface area contributed by atoms with Crippen molar-refractivity contribution in [2.45, 2.75) is 31.3 Å². The molecule has 0 radical (unpaired) electrons. The molecule has 78 valence electrons. The van der Waals surface area contributed by atoms with E-state index >= 15 is 0 Å². The monoisotopic (exact) mass is 197 g/mol. The summed E-state index contributed by atoms with van der Waals surface area (Å²) in [5, 5.41) is 2.79. The quantitative estimate of drug-likeness (QED) is 0.598. The summed E-state index contributed by atoms with van der Waals surface area (Å²) in [6.07, 6.45) is 2.31. The van der Waals surface area contributed by atoms with E-state index in [0.717, 1.165) is 12.8 Å². The minimum Gasteiger partial charge on any atom is -0.350 e. The summed E-state index contributed by atoms with van der Waals surface area (Å²) < 4.78 is 0. The summed E-state index contributed by atoms with van der Waals surface area (Å²) in [4.78, 5) is 24.2. The topological polar surface area (TPSA) is 75.4 Å². The number of carbonyl (C=O) groups is 2. The number of hydrogen-bond donors (Lipinski definition) is 2. The molecule has 1 saturated heterocycles. The Labute approximate surface area is 82.6 Å². The standard InChI is InChI=1S/C9H15N3O2/c10-6-4-7(6)11-8(13)5-12-3-1-2-9(12)14/h6-7H,1-5,10H2,(H,11,13). The smallest absolute Gasteiger partial charge is 0.239 e. The van der Waals surface area contributed by atoms with Crippen molar-refractivity contribution in [2.24, 2.45) is 5.73 Å². The number of nitrogens with zero attached hydrogens (tertiary/aromatic N) is 1. The minimum absolute atomic E-state index is 0.0836. The Morgan fingerprint density at radius 3 is 2.86 bits per heavy atom. The predicted octanol–water partition coefficient (Wildman–Crippen LogP) is -1.18. The average Bonchev–Trinajstić information content (AvgIpc) is 2.63. The van der Waals surface area contributed by atoms with E-state index in [9.17, 15) is 9.59 Å². The van der Waals surface area contributed by atoms with Crippen molar-refractivity contribution >= 4 is 11.8 Å². The van der Waals surface area contributed by atoms with E-state index in [0.29, 0.717) is 13.0 Å². The van der Waals surface area contributed by atoms with Crippen LogP contribution in [0.1, 0.15) is 19.3 Å². The molecule has 1 aliphatic heterocycles. The molecular weight excluding hydrogens is 182 g/mol. The van der Waals surface area contributed by atoms with Crippen LogP contribution in [0.2, 0.25) is 0 Å². The molecule has 0 aromatic heterocycles. The van der Waals surface area contributed by atoms with E-state index in [1.807, 2.05) is 0 Å². The highest BCUT2D eigenvalue weighted by molar-refractivity contribution is 5.86. The minimum atomic E-state index is -0.0850. The first-order valence-corrected chi connectivity index (χ1v) is 4.99. The largest absolute Gasteiger partial charge is 0.350 e. The lowest BCUT2D eigenvalue weighted by Gasteiger charge is -2.14. The molecule has 1 heterocycles. The Hall–Kier alpha value is -1.10. The van der Waals surface area contributed by atoms with E-state index in [2.05, 4.69) is 5.32 Å². The second-order valence-electron chi connectivity index (χ2n) is 3.99. The van der Waals surface area contributed by atoms with Crippen molar-refractivity contribution in [1.29, 1.82) is 0 Å². The number of hydrogen-bond acceptors (Lipinski definition) is 3. The maximum absolute atomic E-state index is 11.4. The summed E-state index contributed by atoms with van der Waals surface area (Å²) in [5.41, 5.74) is 5.55. The van der Waals surface area contributed by atoms with Gasteiger partial charge in [0.1, 0.15) is 0 Å². The van der Waals surface area contributed by atoms with Gasteiger partial charge in [0.05, 0.1) is 6.54 Å². The molecule has 1 aliphatic carbocycles. The Morgan fingerprint density at radius 2 is 2.36 bits per heavy atom. The Kier molecular flexibility index (Phi) is 2.41. The van der Waals surface area contributed by atoms with Crippen LogP contribution < -0.4 is 11.1 Å². The highest BCUT2D eigenvalue weighted by atomic mass is 16.2. The number of nitrogens with one attached hydrogen (secondary N) is 1. The van der Waals surface area contributed by atoms with E-state index < -0.39 is 0 Å². The van der Waals surface area contributed by atoms with Crippen molar-refractivity contribution in [3.63, 3.8) is 0 Å². The third-order valence-corrected chi connectivity index (χ3v) is 2.69. The maximum atomic E-state index is 11.4. The molecule has 0 aromatic carbocycles. The normalized spacial score (nSPS) is 30.6. The Morgan fingerprint density at radius 1 is 1.64 bits per heavy atom. The molecule has 2 aliphatic rings. The lowest BCUT2D eigenvalue weighted by atomic mass is 10.4. The SMILES string of the molecule is NC1CC1NC(=O)CN1CCCC1=O. The van der Waals surface area contributed by atoms with Crippen LogP contribution in [0.15, 0.2) is 0 Å². The molecule has 2 fully saturated rings. The lowest BCUT2D eigenvalue weighted by Crippen LogP contribution is -2.39. The van der Waals surface area contributed by atoms with Crippen LogP contribution in [-0.4, -0.2) is 41.9 Å². The van der Waals surface area contributed by atoms with Crippen LogP contribution >= 0.6 is 0 Å². The first-order chi connectivity index (χ1) is 6.66. The molecule has 0 bridgehead atoms. The number of rotatable bonds is 3. The highest BCUT2D eigenvalue weighted by Gasteiger charge is 2.35. The zero-order valence-electron chi connectivity index (χ0n) is 8.03.